The van der Waals surface area contributed by atoms with Gasteiger partial charge in [-0.3, -0.25) is 19.9 Å². The Morgan fingerprint density at radius 1 is 0.844 bits per heavy atom. The van der Waals surface area contributed by atoms with Crippen molar-refractivity contribution in [2.75, 3.05) is 57.5 Å². The van der Waals surface area contributed by atoms with E-state index in [1.807, 2.05) is 30.3 Å². The van der Waals surface area contributed by atoms with Crippen molar-refractivity contribution in [3.63, 3.8) is 0 Å². The maximum absolute atomic E-state index is 11.2. The van der Waals surface area contributed by atoms with Crippen molar-refractivity contribution >= 4 is 17.2 Å². The Kier molecular flexibility index (Phi) is 6.13. The molecule has 3 aliphatic rings. The first kappa shape index (κ1) is 21.0. The van der Waals surface area contributed by atoms with Gasteiger partial charge in [-0.05, 0) is 12.1 Å². The van der Waals surface area contributed by atoms with E-state index in [-0.39, 0.29) is 22.9 Å². The van der Waals surface area contributed by atoms with Crippen LogP contribution >= 0.6 is 0 Å². The highest BCUT2D eigenvalue weighted by atomic mass is 16.6. The number of nitro groups is 1. The van der Waals surface area contributed by atoms with Crippen LogP contribution in [-0.4, -0.2) is 85.5 Å². The van der Waals surface area contributed by atoms with Crippen LogP contribution in [0.4, 0.5) is 11.4 Å². The maximum atomic E-state index is 11.2. The predicted molar refractivity (Wildman–Crippen MR) is 121 cm³/mol. The Bertz CT molecular complexity index is 956. The second-order valence-electron chi connectivity index (χ2n) is 8.09. The number of aliphatic imine (C=N–C) groups is 1. The number of hydrogen-bond acceptors (Lipinski definition) is 8. The number of morpholine rings is 2. The first-order chi connectivity index (χ1) is 15.7. The molecule has 0 bridgehead atoms. The quantitative estimate of drug-likeness (QED) is 0.524. The summed E-state index contributed by atoms with van der Waals surface area (Å²) in [4.78, 5) is 23.2. The number of rotatable bonds is 5. The molecule has 0 radical (unpaired) electrons. The molecule has 9 nitrogen and oxygen atoms in total. The molecule has 0 amide bonds. The molecule has 168 valence electrons. The van der Waals surface area contributed by atoms with Crippen LogP contribution in [-0.2, 0) is 9.47 Å². The number of anilines is 1. The summed E-state index contributed by atoms with van der Waals surface area (Å²) in [6, 6.07) is 16.9. The van der Waals surface area contributed by atoms with E-state index in [0.29, 0.717) is 26.4 Å². The van der Waals surface area contributed by atoms with Crippen LogP contribution < -0.4 is 4.90 Å². The molecule has 0 saturated carbocycles. The third kappa shape index (κ3) is 4.12. The van der Waals surface area contributed by atoms with E-state index < -0.39 is 0 Å². The molecular formula is C23H27N5O4. The number of nitro benzene ring substituents is 1. The first-order valence-electron chi connectivity index (χ1n) is 11.0. The number of non-ortho nitro benzene ring substituents is 1. The molecule has 0 N–H and O–H groups in total. The average molecular weight is 438 g/mol. The minimum absolute atomic E-state index is 0.0336. The fourth-order valence-electron chi connectivity index (χ4n) is 4.63. The van der Waals surface area contributed by atoms with Gasteiger partial charge in [0.15, 0.2) is 0 Å². The maximum Gasteiger partial charge on any atom is 0.269 e. The van der Waals surface area contributed by atoms with Crippen molar-refractivity contribution in [2.45, 2.75) is 12.3 Å². The van der Waals surface area contributed by atoms with Crippen LogP contribution in [0.15, 0.2) is 59.6 Å². The van der Waals surface area contributed by atoms with Gasteiger partial charge in [0.1, 0.15) is 18.2 Å². The zero-order valence-corrected chi connectivity index (χ0v) is 17.9. The molecule has 5 rings (SSSR count). The van der Waals surface area contributed by atoms with E-state index in [0.717, 1.165) is 43.3 Å². The molecule has 3 aliphatic heterocycles. The number of hydrogen-bond donors (Lipinski definition) is 0. The zero-order chi connectivity index (χ0) is 21.9. The van der Waals surface area contributed by atoms with Crippen molar-refractivity contribution in [1.29, 1.82) is 0 Å². The van der Waals surface area contributed by atoms with Crippen LogP contribution in [0.5, 0.6) is 0 Å². The summed E-state index contributed by atoms with van der Waals surface area (Å²) in [5.41, 5.74) is 2.00. The Morgan fingerprint density at radius 2 is 1.44 bits per heavy atom. The van der Waals surface area contributed by atoms with Crippen molar-refractivity contribution < 1.29 is 14.4 Å². The number of benzene rings is 2. The van der Waals surface area contributed by atoms with Crippen molar-refractivity contribution in [2.24, 2.45) is 4.99 Å². The van der Waals surface area contributed by atoms with Crippen LogP contribution in [0.2, 0.25) is 0 Å². The molecule has 2 fully saturated rings. The Labute approximate surface area is 187 Å². The van der Waals surface area contributed by atoms with Gasteiger partial charge in [-0.15, -0.1) is 0 Å². The predicted octanol–water partition coefficient (Wildman–Crippen LogP) is 2.18. The van der Waals surface area contributed by atoms with Gasteiger partial charge in [-0.2, -0.15) is 0 Å². The van der Waals surface area contributed by atoms with E-state index in [1.54, 1.807) is 12.1 Å². The smallest absolute Gasteiger partial charge is 0.269 e. The molecule has 0 spiro atoms. The topological polar surface area (TPSA) is 83.7 Å². The van der Waals surface area contributed by atoms with E-state index in [4.69, 9.17) is 14.5 Å². The fraction of sp³-hybridized carbons (Fsp3) is 0.435. The van der Waals surface area contributed by atoms with Gasteiger partial charge in [-0.1, -0.05) is 30.3 Å². The molecule has 0 unspecified atom stereocenters. The molecule has 32 heavy (non-hydrogen) atoms. The summed E-state index contributed by atoms with van der Waals surface area (Å²) in [6.07, 6.45) is -0.101. The normalized spacial score (nSPS) is 25.0. The summed E-state index contributed by atoms with van der Waals surface area (Å²) in [5.74, 6) is 0.882. The van der Waals surface area contributed by atoms with Gasteiger partial charge in [-0.25, -0.2) is 4.99 Å². The van der Waals surface area contributed by atoms with Gasteiger partial charge in [0, 0.05) is 49.6 Å². The molecule has 2 saturated heterocycles. The van der Waals surface area contributed by atoms with E-state index in [1.165, 1.54) is 0 Å². The Balaban J connectivity index is 1.59. The molecule has 3 heterocycles. The van der Waals surface area contributed by atoms with Gasteiger partial charge >= 0.3 is 0 Å². The van der Waals surface area contributed by atoms with Gasteiger partial charge in [0.25, 0.3) is 5.69 Å². The molecule has 2 atom stereocenters. The molecular weight excluding hydrogens is 410 g/mol. The second kappa shape index (κ2) is 9.33. The summed E-state index contributed by atoms with van der Waals surface area (Å²) in [5, 5.41) is 11.2. The highest BCUT2D eigenvalue weighted by Gasteiger charge is 2.44. The number of ether oxygens (including phenoxy) is 2. The average Bonchev–Trinajstić information content (AvgIpc) is 3.26. The molecule has 0 aliphatic carbocycles. The highest BCUT2D eigenvalue weighted by Crippen LogP contribution is 2.33. The van der Waals surface area contributed by atoms with Crippen molar-refractivity contribution in [3.05, 3.63) is 70.3 Å². The van der Waals surface area contributed by atoms with E-state index >= 15 is 0 Å². The SMILES string of the molecule is O=[N+]([O-])c1ccc(N2C(c3ccccc3)=N[C@@H](N3CCOCC3)[C@@H]2N2CCOCC2)cc1. The lowest BCUT2D eigenvalue weighted by Gasteiger charge is -2.43. The van der Waals surface area contributed by atoms with Crippen molar-refractivity contribution in [3.8, 4) is 0 Å². The molecule has 0 aromatic heterocycles. The van der Waals surface area contributed by atoms with E-state index in [9.17, 15) is 10.1 Å². The zero-order valence-electron chi connectivity index (χ0n) is 17.9. The van der Waals surface area contributed by atoms with Crippen LogP contribution in [0, 0.1) is 10.1 Å². The van der Waals surface area contributed by atoms with Gasteiger partial charge in [0.2, 0.25) is 0 Å². The third-order valence-electron chi connectivity index (χ3n) is 6.22. The van der Waals surface area contributed by atoms with Crippen molar-refractivity contribution in [1.82, 2.24) is 9.80 Å². The minimum Gasteiger partial charge on any atom is -0.379 e. The molecule has 2 aromatic carbocycles. The number of amidine groups is 1. The third-order valence-corrected chi connectivity index (χ3v) is 6.22. The lowest BCUT2D eigenvalue weighted by atomic mass is 10.1. The summed E-state index contributed by atoms with van der Waals surface area (Å²) < 4.78 is 11.2. The summed E-state index contributed by atoms with van der Waals surface area (Å²) in [7, 11) is 0. The van der Waals surface area contributed by atoms with Crippen LogP contribution in [0.25, 0.3) is 0 Å². The fourth-order valence-corrected chi connectivity index (χ4v) is 4.63. The summed E-state index contributed by atoms with van der Waals surface area (Å²) >= 11 is 0. The van der Waals surface area contributed by atoms with Crippen LogP contribution in [0.1, 0.15) is 5.56 Å². The van der Waals surface area contributed by atoms with E-state index in [2.05, 4.69) is 26.8 Å². The molecule has 9 heteroatoms. The Hall–Kier alpha value is -2.85. The standard InChI is InChI=1S/C23H27N5O4/c29-28(30)20-8-6-19(7-9-20)27-21(18-4-2-1-3-5-18)24-22(25-10-14-31-15-11-25)23(27)26-12-16-32-17-13-26/h1-9,22-23H,10-17H2/t22-,23+/m0/s1. The minimum atomic E-state index is -0.365. The number of nitrogens with zero attached hydrogens (tertiary/aromatic N) is 5. The molecule has 2 aromatic rings. The highest BCUT2D eigenvalue weighted by molar-refractivity contribution is 6.11. The Morgan fingerprint density at radius 3 is 2.03 bits per heavy atom. The second-order valence-corrected chi connectivity index (χ2v) is 8.09. The summed E-state index contributed by atoms with van der Waals surface area (Å²) in [6.45, 7) is 6.03. The lowest BCUT2D eigenvalue weighted by molar-refractivity contribution is -0.384. The monoisotopic (exact) mass is 437 g/mol. The first-order valence-corrected chi connectivity index (χ1v) is 11.0. The van der Waals surface area contributed by atoms with Gasteiger partial charge in [0.05, 0.1) is 31.4 Å². The largest absolute Gasteiger partial charge is 0.379 e. The van der Waals surface area contributed by atoms with Gasteiger partial charge < -0.3 is 14.4 Å². The lowest BCUT2D eigenvalue weighted by Crippen LogP contribution is -2.60. The van der Waals surface area contributed by atoms with Crippen LogP contribution in [0.3, 0.4) is 0 Å².